The Balaban J connectivity index is 2.51. The maximum Gasteiger partial charge on any atom is 0.0890 e. The normalized spacial score (nSPS) is 10.9. The molecule has 84 valence electrons. The number of para-hydroxylation sites is 2. The molecular formula is C12H14N2S2. The van der Waals surface area contributed by atoms with Gasteiger partial charge in [-0.3, -0.25) is 0 Å². The van der Waals surface area contributed by atoms with E-state index in [4.69, 9.17) is 0 Å². The average molecular weight is 250 g/mol. The van der Waals surface area contributed by atoms with Crippen molar-refractivity contribution in [1.29, 1.82) is 0 Å². The predicted octanol–water partition coefficient (Wildman–Crippen LogP) is 3.36. The van der Waals surface area contributed by atoms with Crippen molar-refractivity contribution in [2.24, 2.45) is 0 Å². The molecule has 0 atom stereocenters. The third-order valence-electron chi connectivity index (χ3n) is 2.29. The summed E-state index contributed by atoms with van der Waals surface area (Å²) < 4.78 is 0. The van der Waals surface area contributed by atoms with Gasteiger partial charge in [-0.05, 0) is 24.6 Å². The molecule has 0 bridgehead atoms. The molecule has 16 heavy (non-hydrogen) atoms. The monoisotopic (exact) mass is 250 g/mol. The summed E-state index contributed by atoms with van der Waals surface area (Å²) in [5.41, 5.74) is 4.24. The lowest BCUT2D eigenvalue weighted by Gasteiger charge is -2.07. The van der Waals surface area contributed by atoms with Gasteiger partial charge in [0.05, 0.1) is 22.4 Å². The van der Waals surface area contributed by atoms with Crippen molar-refractivity contribution in [2.75, 3.05) is 12.5 Å². The van der Waals surface area contributed by atoms with E-state index < -0.39 is 0 Å². The standard InChI is InChI=1S/C12H14N2S2/c1-15-7-11-12(8-16-2)14-10-6-4-3-5-9(10)13-11/h3-6H,7-8H2,1-2H3. The number of benzene rings is 1. The predicted molar refractivity (Wildman–Crippen MR) is 74.0 cm³/mol. The van der Waals surface area contributed by atoms with E-state index in [2.05, 4.69) is 22.5 Å². The minimum Gasteiger partial charge on any atom is -0.248 e. The maximum absolute atomic E-state index is 4.69. The molecular weight excluding hydrogens is 236 g/mol. The molecule has 0 N–H and O–H groups in total. The van der Waals surface area contributed by atoms with Crippen LogP contribution in [0.2, 0.25) is 0 Å². The van der Waals surface area contributed by atoms with Gasteiger partial charge in [0.15, 0.2) is 0 Å². The van der Waals surface area contributed by atoms with Gasteiger partial charge in [-0.1, -0.05) is 12.1 Å². The molecule has 0 unspecified atom stereocenters. The molecule has 0 saturated heterocycles. The zero-order chi connectivity index (χ0) is 11.4. The lowest BCUT2D eigenvalue weighted by atomic mass is 10.2. The van der Waals surface area contributed by atoms with Gasteiger partial charge in [-0.15, -0.1) is 0 Å². The number of nitrogens with zero attached hydrogens (tertiary/aromatic N) is 2. The molecule has 0 fully saturated rings. The number of hydrogen-bond acceptors (Lipinski definition) is 4. The number of hydrogen-bond donors (Lipinski definition) is 0. The molecule has 1 heterocycles. The minimum absolute atomic E-state index is 0.938. The lowest BCUT2D eigenvalue weighted by Crippen LogP contribution is -2.00. The van der Waals surface area contributed by atoms with E-state index in [1.807, 2.05) is 24.3 Å². The summed E-state index contributed by atoms with van der Waals surface area (Å²) in [6.45, 7) is 0. The van der Waals surface area contributed by atoms with E-state index >= 15 is 0 Å². The quantitative estimate of drug-likeness (QED) is 0.831. The molecule has 0 spiro atoms. The van der Waals surface area contributed by atoms with Gasteiger partial charge in [-0.2, -0.15) is 23.5 Å². The van der Waals surface area contributed by atoms with Crippen LogP contribution in [-0.2, 0) is 11.5 Å². The summed E-state index contributed by atoms with van der Waals surface area (Å²) in [4.78, 5) is 9.37. The molecule has 0 saturated carbocycles. The summed E-state index contributed by atoms with van der Waals surface area (Å²) in [6, 6.07) is 8.06. The van der Waals surface area contributed by atoms with E-state index in [0.29, 0.717) is 0 Å². The molecule has 0 aliphatic rings. The van der Waals surface area contributed by atoms with Crippen LogP contribution in [0.5, 0.6) is 0 Å². The zero-order valence-corrected chi connectivity index (χ0v) is 11.1. The Hall–Kier alpha value is -0.740. The van der Waals surface area contributed by atoms with Crippen molar-refractivity contribution in [3.05, 3.63) is 35.7 Å². The second-order valence-corrected chi connectivity index (χ2v) is 5.20. The van der Waals surface area contributed by atoms with Gasteiger partial charge in [0.1, 0.15) is 0 Å². The summed E-state index contributed by atoms with van der Waals surface area (Å²) in [7, 11) is 0. The molecule has 1 aromatic heterocycles. The fourth-order valence-electron chi connectivity index (χ4n) is 1.58. The summed E-state index contributed by atoms with van der Waals surface area (Å²) >= 11 is 3.58. The third-order valence-corrected chi connectivity index (χ3v) is 3.41. The molecule has 0 aliphatic carbocycles. The Bertz CT molecular complexity index is 441. The maximum atomic E-state index is 4.69. The average Bonchev–Trinajstić information content (AvgIpc) is 2.30. The summed E-state index contributed by atoms with van der Waals surface area (Å²) in [5.74, 6) is 1.88. The molecule has 0 aliphatic heterocycles. The molecule has 0 amide bonds. The van der Waals surface area contributed by atoms with Gasteiger partial charge in [0.25, 0.3) is 0 Å². The van der Waals surface area contributed by atoms with Crippen molar-refractivity contribution in [1.82, 2.24) is 9.97 Å². The molecule has 1 aromatic carbocycles. The second-order valence-electron chi connectivity index (χ2n) is 3.47. The zero-order valence-electron chi connectivity index (χ0n) is 9.43. The van der Waals surface area contributed by atoms with Crippen LogP contribution >= 0.6 is 23.5 Å². The highest BCUT2D eigenvalue weighted by atomic mass is 32.2. The van der Waals surface area contributed by atoms with E-state index in [-0.39, 0.29) is 0 Å². The smallest absolute Gasteiger partial charge is 0.0890 e. The van der Waals surface area contributed by atoms with Crippen LogP contribution in [0.15, 0.2) is 24.3 Å². The Morgan fingerprint density at radius 3 is 1.69 bits per heavy atom. The minimum atomic E-state index is 0.938. The van der Waals surface area contributed by atoms with Crippen LogP contribution < -0.4 is 0 Å². The topological polar surface area (TPSA) is 25.8 Å². The molecule has 0 radical (unpaired) electrons. The fraction of sp³-hybridized carbons (Fsp3) is 0.333. The van der Waals surface area contributed by atoms with Crippen LogP contribution in [0.1, 0.15) is 11.4 Å². The Kier molecular flexibility index (Phi) is 4.07. The fourth-order valence-corrected chi connectivity index (χ4v) is 2.59. The largest absolute Gasteiger partial charge is 0.248 e. The van der Waals surface area contributed by atoms with Crippen molar-refractivity contribution >= 4 is 34.6 Å². The van der Waals surface area contributed by atoms with Crippen LogP contribution in [0.4, 0.5) is 0 Å². The van der Waals surface area contributed by atoms with Crippen LogP contribution in [-0.4, -0.2) is 22.5 Å². The first-order valence-corrected chi connectivity index (χ1v) is 7.86. The highest BCUT2D eigenvalue weighted by Gasteiger charge is 2.07. The molecule has 2 aromatic rings. The highest BCUT2D eigenvalue weighted by molar-refractivity contribution is 7.98. The van der Waals surface area contributed by atoms with Crippen molar-refractivity contribution < 1.29 is 0 Å². The van der Waals surface area contributed by atoms with E-state index in [1.165, 1.54) is 0 Å². The van der Waals surface area contributed by atoms with Gasteiger partial charge in [0, 0.05) is 11.5 Å². The highest BCUT2D eigenvalue weighted by Crippen LogP contribution is 2.19. The van der Waals surface area contributed by atoms with E-state index in [1.54, 1.807) is 23.5 Å². The molecule has 4 heteroatoms. The molecule has 2 nitrogen and oxygen atoms in total. The summed E-state index contributed by atoms with van der Waals surface area (Å²) in [6.07, 6.45) is 4.19. The number of thioether (sulfide) groups is 2. The SMILES string of the molecule is CSCc1nc2ccccc2nc1CSC. The summed E-state index contributed by atoms with van der Waals surface area (Å²) in [5, 5.41) is 0. The lowest BCUT2D eigenvalue weighted by molar-refractivity contribution is 1.07. The van der Waals surface area contributed by atoms with E-state index in [9.17, 15) is 0 Å². The molecule has 2 rings (SSSR count). The van der Waals surface area contributed by atoms with Crippen LogP contribution in [0.3, 0.4) is 0 Å². The number of aromatic nitrogens is 2. The first kappa shape index (κ1) is 11.7. The van der Waals surface area contributed by atoms with Gasteiger partial charge in [0.2, 0.25) is 0 Å². The Labute approximate surface area is 104 Å². The number of fused-ring (bicyclic) bond motifs is 1. The van der Waals surface area contributed by atoms with Crippen molar-refractivity contribution in [3.8, 4) is 0 Å². The van der Waals surface area contributed by atoms with Crippen LogP contribution in [0, 0.1) is 0 Å². The first-order valence-electron chi connectivity index (χ1n) is 5.07. The third kappa shape index (κ3) is 2.50. The Morgan fingerprint density at radius 1 is 0.875 bits per heavy atom. The van der Waals surface area contributed by atoms with Crippen molar-refractivity contribution in [2.45, 2.75) is 11.5 Å². The Morgan fingerprint density at radius 2 is 1.31 bits per heavy atom. The second kappa shape index (κ2) is 5.55. The van der Waals surface area contributed by atoms with Gasteiger partial charge >= 0.3 is 0 Å². The van der Waals surface area contributed by atoms with Crippen LogP contribution in [0.25, 0.3) is 11.0 Å². The van der Waals surface area contributed by atoms with E-state index in [0.717, 1.165) is 33.9 Å². The number of rotatable bonds is 4. The first-order chi connectivity index (χ1) is 7.85. The van der Waals surface area contributed by atoms with Gasteiger partial charge in [-0.25, -0.2) is 9.97 Å². The van der Waals surface area contributed by atoms with Crippen molar-refractivity contribution in [3.63, 3.8) is 0 Å². The van der Waals surface area contributed by atoms with Gasteiger partial charge < -0.3 is 0 Å².